The first-order valence-electron chi connectivity index (χ1n) is 5.19. The van der Waals surface area contributed by atoms with Gasteiger partial charge in [0, 0.05) is 6.07 Å². The minimum atomic E-state index is -1.44. The molecule has 4 atom stereocenters. The van der Waals surface area contributed by atoms with Crippen molar-refractivity contribution in [2.24, 2.45) is 0 Å². The third kappa shape index (κ3) is 1.93. The molecular weight excluding hydrogens is 246 g/mol. The first-order valence-corrected chi connectivity index (χ1v) is 5.19. The number of aliphatic hydroxyl groups excluding tert-OH is 3. The van der Waals surface area contributed by atoms with Gasteiger partial charge in [0.25, 0.3) is 5.56 Å². The Morgan fingerprint density at radius 2 is 2.06 bits per heavy atom. The van der Waals surface area contributed by atoms with Gasteiger partial charge in [0.05, 0.1) is 6.61 Å². The van der Waals surface area contributed by atoms with E-state index < -0.39 is 42.4 Å². The molecule has 2 rings (SSSR count). The Labute approximate surface area is 100 Å². The van der Waals surface area contributed by atoms with E-state index in [2.05, 4.69) is 0 Å². The molecule has 0 aromatic carbocycles. The Balaban J connectivity index is 2.45. The van der Waals surface area contributed by atoms with Crippen molar-refractivity contribution in [3.63, 3.8) is 0 Å². The fourth-order valence-corrected chi connectivity index (χ4v) is 1.88. The second kappa shape index (κ2) is 4.53. The molecule has 9 nitrogen and oxygen atoms in total. The summed E-state index contributed by atoms with van der Waals surface area (Å²) in [7, 11) is 0. The zero-order valence-corrected chi connectivity index (χ0v) is 9.18. The molecule has 1 aliphatic heterocycles. The fraction of sp³-hybridized carbons (Fsp3) is 0.556. The average molecular weight is 259 g/mol. The number of H-pyrrole nitrogens is 1. The van der Waals surface area contributed by atoms with Gasteiger partial charge in [-0.25, -0.2) is 4.79 Å². The molecule has 0 spiro atoms. The van der Waals surface area contributed by atoms with E-state index in [1.165, 1.54) is 0 Å². The maximum atomic E-state index is 11.6. The number of nitrogens with zero attached hydrogens (tertiary/aromatic N) is 1. The Morgan fingerprint density at radius 3 is 2.56 bits per heavy atom. The number of aromatic nitrogens is 2. The van der Waals surface area contributed by atoms with Crippen LogP contribution >= 0.6 is 0 Å². The van der Waals surface area contributed by atoms with Gasteiger partial charge in [0.15, 0.2) is 6.23 Å². The van der Waals surface area contributed by atoms with Crippen molar-refractivity contribution >= 4 is 5.82 Å². The van der Waals surface area contributed by atoms with Crippen LogP contribution in [0.1, 0.15) is 6.23 Å². The van der Waals surface area contributed by atoms with E-state index in [4.69, 9.17) is 15.6 Å². The van der Waals surface area contributed by atoms with Crippen molar-refractivity contribution in [2.75, 3.05) is 12.3 Å². The average Bonchev–Trinajstić information content (AvgIpc) is 2.56. The molecular formula is C9H13N3O6. The van der Waals surface area contributed by atoms with Crippen LogP contribution in [-0.4, -0.2) is 49.8 Å². The second-order valence-electron chi connectivity index (χ2n) is 3.96. The van der Waals surface area contributed by atoms with E-state index in [9.17, 15) is 19.8 Å². The molecule has 2 heterocycles. The van der Waals surface area contributed by atoms with Gasteiger partial charge < -0.3 is 25.8 Å². The van der Waals surface area contributed by atoms with Gasteiger partial charge in [-0.05, 0) is 0 Å². The predicted octanol–water partition coefficient (Wildman–Crippen LogP) is -3.27. The Bertz CT molecular complexity index is 552. The number of rotatable bonds is 2. The number of nitrogens with one attached hydrogen (secondary N) is 1. The van der Waals surface area contributed by atoms with Crippen LogP contribution in [0.2, 0.25) is 0 Å². The number of nitrogens with two attached hydrogens (primary N) is 1. The van der Waals surface area contributed by atoms with Crippen LogP contribution in [0.15, 0.2) is 15.7 Å². The van der Waals surface area contributed by atoms with Crippen molar-refractivity contribution < 1.29 is 20.1 Å². The van der Waals surface area contributed by atoms with Gasteiger partial charge in [0.1, 0.15) is 24.1 Å². The summed E-state index contributed by atoms with van der Waals surface area (Å²) in [5.41, 5.74) is 3.96. The van der Waals surface area contributed by atoms with Crippen LogP contribution in [0.3, 0.4) is 0 Å². The lowest BCUT2D eigenvalue weighted by molar-refractivity contribution is -0.0538. The summed E-state index contributed by atoms with van der Waals surface area (Å²) in [4.78, 5) is 24.6. The van der Waals surface area contributed by atoms with Crippen LogP contribution < -0.4 is 17.0 Å². The van der Waals surface area contributed by atoms with Gasteiger partial charge in [-0.3, -0.25) is 14.3 Å². The normalized spacial score (nSPS) is 31.7. The summed E-state index contributed by atoms with van der Waals surface area (Å²) in [5.74, 6) is -0.210. The van der Waals surface area contributed by atoms with Crippen molar-refractivity contribution in [3.05, 3.63) is 26.9 Å². The maximum absolute atomic E-state index is 11.6. The minimum absolute atomic E-state index is 0.210. The van der Waals surface area contributed by atoms with Crippen LogP contribution in [0.25, 0.3) is 0 Å². The van der Waals surface area contributed by atoms with Crippen molar-refractivity contribution in [2.45, 2.75) is 24.5 Å². The van der Waals surface area contributed by atoms with Crippen LogP contribution in [-0.2, 0) is 4.74 Å². The molecule has 0 amide bonds. The first kappa shape index (κ1) is 12.8. The number of hydrogen-bond donors (Lipinski definition) is 5. The van der Waals surface area contributed by atoms with E-state index in [0.29, 0.717) is 0 Å². The van der Waals surface area contributed by atoms with E-state index >= 15 is 0 Å². The minimum Gasteiger partial charge on any atom is -0.394 e. The lowest BCUT2D eigenvalue weighted by atomic mass is 10.1. The predicted molar refractivity (Wildman–Crippen MR) is 58.7 cm³/mol. The van der Waals surface area contributed by atoms with E-state index in [1.807, 2.05) is 4.98 Å². The second-order valence-corrected chi connectivity index (χ2v) is 3.96. The Kier molecular flexibility index (Phi) is 3.22. The maximum Gasteiger partial charge on any atom is 0.332 e. The highest BCUT2D eigenvalue weighted by Gasteiger charge is 2.44. The molecule has 6 N–H and O–H groups in total. The smallest absolute Gasteiger partial charge is 0.332 e. The Hall–Kier alpha value is -1.68. The van der Waals surface area contributed by atoms with Crippen molar-refractivity contribution in [1.29, 1.82) is 0 Å². The molecule has 1 aromatic rings. The molecule has 0 unspecified atom stereocenters. The lowest BCUT2D eigenvalue weighted by Crippen LogP contribution is -2.39. The molecule has 100 valence electrons. The van der Waals surface area contributed by atoms with E-state index in [1.54, 1.807) is 0 Å². The molecule has 0 aliphatic carbocycles. The third-order valence-electron chi connectivity index (χ3n) is 2.78. The highest BCUT2D eigenvalue weighted by atomic mass is 16.6. The number of anilines is 1. The topological polar surface area (TPSA) is 151 Å². The molecule has 18 heavy (non-hydrogen) atoms. The van der Waals surface area contributed by atoms with Crippen molar-refractivity contribution in [3.8, 4) is 0 Å². The van der Waals surface area contributed by atoms with Gasteiger partial charge in [-0.2, -0.15) is 0 Å². The Morgan fingerprint density at radius 1 is 1.39 bits per heavy atom. The number of aromatic amines is 1. The van der Waals surface area contributed by atoms with E-state index in [0.717, 1.165) is 10.6 Å². The molecule has 1 saturated heterocycles. The third-order valence-corrected chi connectivity index (χ3v) is 2.78. The standard InChI is InChI=1S/C9H13N3O6/c10-4-1-5(14)11-9(17)12(4)8-7(16)6(15)3(2-13)18-8/h1,3,6-8,13,15-16H,2,10H2,(H,11,14,17)/t3-,6+,7+,8-/m1/s1. The number of nitrogen functional groups attached to an aromatic ring is 1. The molecule has 0 bridgehead atoms. The molecule has 0 radical (unpaired) electrons. The van der Waals surface area contributed by atoms with Crippen LogP contribution in [0, 0.1) is 0 Å². The summed E-state index contributed by atoms with van der Waals surface area (Å²) in [6, 6.07) is 0.954. The molecule has 0 saturated carbocycles. The van der Waals surface area contributed by atoms with Gasteiger partial charge in [-0.1, -0.05) is 0 Å². The number of hydrogen-bond acceptors (Lipinski definition) is 7. The highest BCUT2D eigenvalue weighted by Crippen LogP contribution is 2.29. The molecule has 1 fully saturated rings. The molecule has 1 aliphatic rings. The van der Waals surface area contributed by atoms with Crippen LogP contribution in [0.4, 0.5) is 5.82 Å². The van der Waals surface area contributed by atoms with Gasteiger partial charge in [0.2, 0.25) is 0 Å². The monoisotopic (exact) mass is 259 g/mol. The molecule has 1 aromatic heterocycles. The van der Waals surface area contributed by atoms with Gasteiger partial charge >= 0.3 is 5.69 Å². The fourth-order valence-electron chi connectivity index (χ4n) is 1.88. The number of aliphatic hydroxyl groups is 3. The summed E-state index contributed by atoms with van der Waals surface area (Å²) in [5, 5.41) is 28.2. The number of ether oxygens (including phenoxy) is 1. The largest absolute Gasteiger partial charge is 0.394 e. The SMILES string of the molecule is Nc1cc(=O)[nH]c(=O)n1[C@@H]1O[C@H](CO)[C@H](O)[C@@H]1O. The molecule has 9 heteroatoms. The van der Waals surface area contributed by atoms with Gasteiger partial charge in [-0.15, -0.1) is 0 Å². The summed E-state index contributed by atoms with van der Waals surface area (Å²) in [6.45, 7) is -0.521. The van der Waals surface area contributed by atoms with Crippen molar-refractivity contribution in [1.82, 2.24) is 9.55 Å². The van der Waals surface area contributed by atoms with E-state index in [-0.39, 0.29) is 5.82 Å². The zero-order valence-electron chi connectivity index (χ0n) is 9.18. The van der Waals surface area contributed by atoms with Crippen LogP contribution in [0.5, 0.6) is 0 Å². The quantitative estimate of drug-likeness (QED) is 0.373. The first-order chi connectivity index (χ1) is 8.45. The summed E-state index contributed by atoms with van der Waals surface area (Å²) in [6.07, 6.45) is -5.07. The zero-order chi connectivity index (χ0) is 13.4. The highest BCUT2D eigenvalue weighted by molar-refractivity contribution is 5.27. The lowest BCUT2D eigenvalue weighted by Gasteiger charge is -2.18. The summed E-state index contributed by atoms with van der Waals surface area (Å²) < 4.78 is 5.94. The summed E-state index contributed by atoms with van der Waals surface area (Å²) >= 11 is 0.